The summed E-state index contributed by atoms with van der Waals surface area (Å²) < 4.78 is 1.82. The van der Waals surface area contributed by atoms with Gasteiger partial charge < -0.3 is 5.73 Å². The van der Waals surface area contributed by atoms with E-state index < -0.39 is 0 Å². The van der Waals surface area contributed by atoms with Crippen LogP contribution in [0.3, 0.4) is 0 Å². The van der Waals surface area contributed by atoms with Crippen molar-refractivity contribution < 1.29 is 0 Å². The second kappa shape index (κ2) is 5.69. The van der Waals surface area contributed by atoms with Gasteiger partial charge in [0.05, 0.1) is 11.7 Å². The number of rotatable bonds is 5. The van der Waals surface area contributed by atoms with Gasteiger partial charge in [-0.05, 0) is 13.3 Å². The summed E-state index contributed by atoms with van der Waals surface area (Å²) in [5.41, 5.74) is 8.00. The summed E-state index contributed by atoms with van der Waals surface area (Å²) in [6.45, 7) is 4.55. The molecule has 3 N–H and O–H groups in total. The maximum Gasteiger partial charge on any atom is 0.0670 e. The van der Waals surface area contributed by atoms with Gasteiger partial charge in [-0.15, -0.1) is 6.42 Å². The minimum absolute atomic E-state index is 0.0125. The Balaban J connectivity index is 2.90. The van der Waals surface area contributed by atoms with Crippen LogP contribution in [-0.2, 0) is 13.5 Å². The van der Waals surface area contributed by atoms with Crippen molar-refractivity contribution >= 4 is 0 Å². The van der Waals surface area contributed by atoms with Crippen LogP contribution in [0.15, 0.2) is 6.20 Å². The Morgan fingerprint density at radius 2 is 2.38 bits per heavy atom. The first-order valence-corrected chi connectivity index (χ1v) is 5.57. The molecule has 0 amide bonds. The minimum Gasteiger partial charge on any atom is -0.329 e. The van der Waals surface area contributed by atoms with Gasteiger partial charge >= 0.3 is 0 Å². The molecule has 0 bridgehead atoms. The molecule has 1 rings (SSSR count). The highest BCUT2D eigenvalue weighted by Gasteiger charge is 2.17. The zero-order valence-corrected chi connectivity index (χ0v) is 10.2. The van der Waals surface area contributed by atoms with Gasteiger partial charge in [0.1, 0.15) is 0 Å². The summed E-state index contributed by atoms with van der Waals surface area (Å²) in [6, 6.07) is 0.0909. The average Bonchev–Trinajstić information content (AvgIpc) is 2.66. The van der Waals surface area contributed by atoms with Crippen LogP contribution in [0.4, 0.5) is 0 Å². The summed E-state index contributed by atoms with van der Waals surface area (Å²) in [7, 11) is 1.92. The first-order chi connectivity index (χ1) is 7.62. The molecule has 2 unspecified atom stereocenters. The van der Waals surface area contributed by atoms with E-state index in [0.717, 1.165) is 17.7 Å². The normalized spacial score (nSPS) is 14.4. The van der Waals surface area contributed by atoms with Crippen molar-refractivity contribution in [1.82, 2.24) is 15.1 Å². The van der Waals surface area contributed by atoms with Crippen LogP contribution < -0.4 is 11.1 Å². The largest absolute Gasteiger partial charge is 0.329 e. The number of aryl methyl sites for hydroxylation is 2. The number of nitrogens with one attached hydrogen (secondary N) is 1. The molecule has 0 aromatic carbocycles. The van der Waals surface area contributed by atoms with Crippen LogP contribution in [0, 0.1) is 12.3 Å². The van der Waals surface area contributed by atoms with Crippen molar-refractivity contribution in [3.63, 3.8) is 0 Å². The molecule has 0 aliphatic carbocycles. The van der Waals surface area contributed by atoms with Crippen molar-refractivity contribution in [1.29, 1.82) is 0 Å². The predicted octanol–water partition coefficient (Wildman–Crippen LogP) is 0.594. The zero-order chi connectivity index (χ0) is 12.1. The van der Waals surface area contributed by atoms with Crippen LogP contribution in [-0.4, -0.2) is 22.4 Å². The van der Waals surface area contributed by atoms with Crippen LogP contribution in [0.5, 0.6) is 0 Å². The summed E-state index contributed by atoms with van der Waals surface area (Å²) in [5.74, 6) is 2.65. The number of nitrogens with two attached hydrogens (primary N) is 1. The van der Waals surface area contributed by atoms with E-state index in [1.807, 2.05) is 24.9 Å². The van der Waals surface area contributed by atoms with Gasteiger partial charge in [0.15, 0.2) is 0 Å². The Morgan fingerprint density at radius 3 is 2.88 bits per heavy atom. The number of nitrogens with zero attached hydrogens (tertiary/aromatic N) is 2. The van der Waals surface area contributed by atoms with Crippen molar-refractivity contribution in [2.75, 3.05) is 6.54 Å². The third-order valence-corrected chi connectivity index (χ3v) is 2.58. The Kier molecular flexibility index (Phi) is 4.53. The third-order valence-electron chi connectivity index (χ3n) is 2.58. The van der Waals surface area contributed by atoms with Gasteiger partial charge in [0.2, 0.25) is 0 Å². The monoisotopic (exact) mass is 220 g/mol. The fraction of sp³-hybridized carbons (Fsp3) is 0.583. The summed E-state index contributed by atoms with van der Waals surface area (Å²) in [4.78, 5) is 0. The second-order valence-electron chi connectivity index (χ2n) is 3.90. The van der Waals surface area contributed by atoms with Crippen molar-refractivity contribution in [3.05, 3.63) is 17.5 Å². The van der Waals surface area contributed by atoms with Crippen molar-refractivity contribution in [2.45, 2.75) is 32.4 Å². The molecule has 4 nitrogen and oxygen atoms in total. The molecule has 0 saturated carbocycles. The first-order valence-electron chi connectivity index (χ1n) is 5.57. The summed E-state index contributed by atoms with van der Waals surface area (Å²) in [5, 5.41) is 7.71. The quantitative estimate of drug-likeness (QED) is 0.714. The molecule has 0 radical (unpaired) electrons. The molecular weight excluding hydrogens is 200 g/mol. The number of hydrogen-bond donors (Lipinski definition) is 2. The predicted molar refractivity (Wildman–Crippen MR) is 65.8 cm³/mol. The average molecular weight is 220 g/mol. The van der Waals surface area contributed by atoms with E-state index >= 15 is 0 Å². The Bertz CT molecular complexity index is 375. The summed E-state index contributed by atoms with van der Waals surface area (Å²) in [6.07, 6.45) is 8.26. The van der Waals surface area contributed by atoms with Gasteiger partial charge in [-0.3, -0.25) is 10.00 Å². The van der Waals surface area contributed by atoms with E-state index in [1.165, 1.54) is 0 Å². The van der Waals surface area contributed by atoms with Gasteiger partial charge in [0.25, 0.3) is 0 Å². The molecule has 2 atom stereocenters. The van der Waals surface area contributed by atoms with E-state index in [2.05, 4.69) is 23.3 Å². The highest BCUT2D eigenvalue weighted by molar-refractivity contribution is 5.22. The highest BCUT2D eigenvalue weighted by atomic mass is 15.3. The fourth-order valence-corrected chi connectivity index (χ4v) is 1.75. The molecule has 4 heteroatoms. The molecule has 0 aliphatic heterocycles. The van der Waals surface area contributed by atoms with Gasteiger partial charge in [-0.2, -0.15) is 5.10 Å². The second-order valence-corrected chi connectivity index (χ2v) is 3.90. The molecule has 1 aromatic rings. The van der Waals surface area contributed by atoms with Gasteiger partial charge in [0, 0.05) is 31.4 Å². The van der Waals surface area contributed by atoms with Crippen molar-refractivity contribution in [3.8, 4) is 12.3 Å². The molecule has 1 aromatic heterocycles. The van der Waals surface area contributed by atoms with E-state index in [9.17, 15) is 0 Å². The SMILES string of the molecule is C#CC(C)NC(CN)c1cn(C)nc1CC. The molecule has 1 heterocycles. The fourth-order valence-electron chi connectivity index (χ4n) is 1.75. The lowest BCUT2D eigenvalue weighted by Gasteiger charge is -2.18. The maximum atomic E-state index is 5.77. The molecule has 0 saturated heterocycles. The Labute approximate surface area is 97.2 Å². The maximum absolute atomic E-state index is 5.77. The lowest BCUT2D eigenvalue weighted by molar-refractivity contribution is 0.515. The lowest BCUT2D eigenvalue weighted by atomic mass is 10.1. The van der Waals surface area contributed by atoms with E-state index in [-0.39, 0.29) is 12.1 Å². The Morgan fingerprint density at radius 1 is 1.69 bits per heavy atom. The molecule has 0 fully saturated rings. The van der Waals surface area contributed by atoms with Crippen LogP contribution in [0.25, 0.3) is 0 Å². The lowest BCUT2D eigenvalue weighted by Crippen LogP contribution is -2.34. The third kappa shape index (κ3) is 2.84. The topological polar surface area (TPSA) is 55.9 Å². The standard InChI is InChI=1S/C12H20N4/c1-5-9(3)14-12(7-13)10-8-16(4)15-11(10)6-2/h1,8-9,12,14H,6-7,13H2,2-4H3. The number of aromatic nitrogens is 2. The number of hydrogen-bond acceptors (Lipinski definition) is 3. The van der Waals surface area contributed by atoms with Crippen molar-refractivity contribution in [2.24, 2.45) is 12.8 Å². The van der Waals surface area contributed by atoms with E-state index in [0.29, 0.717) is 6.54 Å². The first kappa shape index (κ1) is 12.8. The van der Waals surface area contributed by atoms with E-state index in [1.54, 1.807) is 0 Å². The summed E-state index contributed by atoms with van der Waals surface area (Å²) >= 11 is 0. The number of terminal acetylenes is 1. The van der Waals surface area contributed by atoms with Gasteiger partial charge in [-0.1, -0.05) is 12.8 Å². The molecule has 0 spiro atoms. The molecule has 0 aliphatic rings. The zero-order valence-electron chi connectivity index (χ0n) is 10.2. The van der Waals surface area contributed by atoms with Crippen LogP contribution in [0.1, 0.15) is 31.1 Å². The van der Waals surface area contributed by atoms with Gasteiger partial charge in [-0.25, -0.2) is 0 Å². The molecular formula is C12H20N4. The highest BCUT2D eigenvalue weighted by Crippen LogP contribution is 2.17. The van der Waals surface area contributed by atoms with Crippen LogP contribution >= 0.6 is 0 Å². The minimum atomic E-state index is 0.0125. The smallest absolute Gasteiger partial charge is 0.0670 e. The van der Waals surface area contributed by atoms with Crippen LogP contribution in [0.2, 0.25) is 0 Å². The molecule has 88 valence electrons. The Hall–Kier alpha value is -1.31. The molecule has 16 heavy (non-hydrogen) atoms. The van der Waals surface area contributed by atoms with E-state index in [4.69, 9.17) is 12.2 Å².